The van der Waals surface area contributed by atoms with E-state index in [1.807, 2.05) is 27.7 Å². The molecular weight excluding hydrogens is 283 g/mol. The van der Waals surface area contributed by atoms with Gasteiger partial charge in [-0.25, -0.2) is 0 Å². The first-order valence-corrected chi connectivity index (χ1v) is 9.29. The summed E-state index contributed by atoms with van der Waals surface area (Å²) in [5, 5.41) is 10.1. The molecule has 2 aromatic carbocycles. The molecule has 0 aliphatic carbocycles. The maximum Gasteiger partial charge on any atom is 0.227 e. The molecular formula is C17H25O3P. The first-order valence-electron chi connectivity index (χ1n) is 7.18. The Morgan fingerprint density at radius 1 is 0.810 bits per heavy atom. The second-order valence-electron chi connectivity index (χ2n) is 3.91. The summed E-state index contributed by atoms with van der Waals surface area (Å²) in [6.45, 7) is 9.30. The number of para-hydroxylation sites is 1. The fraction of sp³-hybridized carbons (Fsp3) is 0.294. The molecule has 0 heterocycles. The maximum atomic E-state index is 11.8. The first-order chi connectivity index (χ1) is 10.00. The smallest absolute Gasteiger partial charge is 0.227 e. The molecule has 4 heteroatoms. The fourth-order valence-electron chi connectivity index (χ4n) is 1.76. The molecule has 2 aromatic rings. The molecule has 1 atom stereocenters. The molecule has 0 aromatic heterocycles. The normalized spacial score (nSPS) is 12.1. The summed E-state index contributed by atoms with van der Waals surface area (Å²) in [6.07, 6.45) is 0. The number of hydrogen-bond donors (Lipinski definition) is 2. The fourth-order valence-corrected chi connectivity index (χ4v) is 2.77. The number of phenolic OH excluding ortho intramolecular Hbond substituents is 1. The van der Waals surface area contributed by atoms with E-state index in [4.69, 9.17) is 0 Å². The summed E-state index contributed by atoms with van der Waals surface area (Å²) in [7, 11) is -3.35. The summed E-state index contributed by atoms with van der Waals surface area (Å²) in [6, 6.07) is 13.6. The van der Waals surface area contributed by atoms with Crippen LogP contribution in [0.3, 0.4) is 0 Å². The van der Waals surface area contributed by atoms with Crippen LogP contribution < -0.4 is 5.30 Å². The van der Waals surface area contributed by atoms with Gasteiger partial charge in [-0.15, -0.1) is 0 Å². The molecule has 1 unspecified atom stereocenters. The number of phenols is 1. The van der Waals surface area contributed by atoms with E-state index in [1.165, 1.54) is 6.66 Å². The van der Waals surface area contributed by atoms with Crippen LogP contribution >= 0.6 is 7.37 Å². The molecule has 0 saturated carbocycles. The van der Waals surface area contributed by atoms with E-state index in [1.54, 1.807) is 48.5 Å². The van der Waals surface area contributed by atoms with Crippen molar-refractivity contribution in [3.8, 4) is 16.9 Å². The Hall–Kier alpha value is -1.57. The molecule has 0 bridgehead atoms. The molecule has 0 saturated heterocycles. The van der Waals surface area contributed by atoms with Gasteiger partial charge in [0.15, 0.2) is 0 Å². The average molecular weight is 308 g/mol. The maximum absolute atomic E-state index is 11.8. The Kier molecular flexibility index (Phi) is 8.68. The van der Waals surface area contributed by atoms with Crippen molar-refractivity contribution < 1.29 is 14.6 Å². The highest BCUT2D eigenvalue weighted by Crippen LogP contribution is 2.40. The van der Waals surface area contributed by atoms with E-state index < -0.39 is 7.37 Å². The SMILES string of the molecule is CC.CC.CP(=O)(O)c1ccccc1-c1ccccc1O. The van der Waals surface area contributed by atoms with Crippen molar-refractivity contribution in [1.82, 2.24) is 0 Å². The van der Waals surface area contributed by atoms with Gasteiger partial charge >= 0.3 is 0 Å². The van der Waals surface area contributed by atoms with Gasteiger partial charge in [0.05, 0.1) is 0 Å². The third-order valence-corrected chi connectivity index (χ3v) is 3.83. The highest BCUT2D eigenvalue weighted by molar-refractivity contribution is 7.65. The lowest BCUT2D eigenvalue weighted by Crippen LogP contribution is -2.06. The van der Waals surface area contributed by atoms with Gasteiger partial charge in [0, 0.05) is 17.5 Å². The van der Waals surface area contributed by atoms with Crippen LogP contribution in [0.5, 0.6) is 5.75 Å². The van der Waals surface area contributed by atoms with Crippen LogP contribution in [0.1, 0.15) is 27.7 Å². The van der Waals surface area contributed by atoms with Crippen LogP contribution in [0.15, 0.2) is 48.5 Å². The summed E-state index contributed by atoms with van der Waals surface area (Å²) in [5.74, 6) is 0.105. The van der Waals surface area contributed by atoms with Crippen molar-refractivity contribution in [2.45, 2.75) is 27.7 Å². The summed E-state index contributed by atoms with van der Waals surface area (Å²) in [4.78, 5) is 9.70. The first kappa shape index (κ1) is 19.4. The van der Waals surface area contributed by atoms with Crippen molar-refractivity contribution >= 4 is 12.7 Å². The van der Waals surface area contributed by atoms with E-state index >= 15 is 0 Å². The zero-order chi connectivity index (χ0) is 16.5. The lowest BCUT2D eigenvalue weighted by molar-refractivity contribution is 0.477. The van der Waals surface area contributed by atoms with Gasteiger partial charge in [0.1, 0.15) is 5.75 Å². The third-order valence-electron chi connectivity index (χ3n) is 2.55. The van der Waals surface area contributed by atoms with Crippen molar-refractivity contribution in [1.29, 1.82) is 0 Å². The lowest BCUT2D eigenvalue weighted by atomic mass is 10.0. The van der Waals surface area contributed by atoms with Crippen LogP contribution in [0.2, 0.25) is 0 Å². The van der Waals surface area contributed by atoms with Crippen molar-refractivity contribution in [3.05, 3.63) is 48.5 Å². The quantitative estimate of drug-likeness (QED) is 0.795. The highest BCUT2D eigenvalue weighted by atomic mass is 31.2. The van der Waals surface area contributed by atoms with Gasteiger partial charge in [-0.1, -0.05) is 64.1 Å². The average Bonchev–Trinajstić information content (AvgIpc) is 2.51. The number of rotatable bonds is 2. The largest absolute Gasteiger partial charge is 0.507 e. The third kappa shape index (κ3) is 5.37. The zero-order valence-corrected chi connectivity index (χ0v) is 14.3. The molecule has 3 nitrogen and oxygen atoms in total. The minimum Gasteiger partial charge on any atom is -0.507 e. The minimum atomic E-state index is -3.35. The topological polar surface area (TPSA) is 57.5 Å². The predicted octanol–water partition coefficient (Wildman–Crippen LogP) is 4.64. The van der Waals surface area contributed by atoms with E-state index in [2.05, 4.69) is 0 Å². The van der Waals surface area contributed by atoms with Gasteiger partial charge in [-0.05, 0) is 17.7 Å². The van der Waals surface area contributed by atoms with Crippen LogP contribution in [-0.4, -0.2) is 16.7 Å². The molecule has 0 aliphatic heterocycles. The van der Waals surface area contributed by atoms with Gasteiger partial charge in [-0.3, -0.25) is 4.57 Å². The highest BCUT2D eigenvalue weighted by Gasteiger charge is 2.19. The van der Waals surface area contributed by atoms with Gasteiger partial charge in [0.2, 0.25) is 7.37 Å². The van der Waals surface area contributed by atoms with E-state index in [0.29, 0.717) is 16.4 Å². The molecule has 116 valence electrons. The molecule has 0 aliphatic rings. The molecule has 0 spiro atoms. The Labute approximate surface area is 127 Å². The molecule has 0 fully saturated rings. The molecule has 21 heavy (non-hydrogen) atoms. The summed E-state index contributed by atoms with van der Waals surface area (Å²) >= 11 is 0. The molecule has 2 N–H and O–H groups in total. The summed E-state index contributed by atoms with van der Waals surface area (Å²) in [5.41, 5.74) is 1.16. The van der Waals surface area contributed by atoms with Crippen molar-refractivity contribution in [3.63, 3.8) is 0 Å². The van der Waals surface area contributed by atoms with Crippen molar-refractivity contribution in [2.75, 3.05) is 6.66 Å². The Balaban J connectivity index is 0.000000921. The van der Waals surface area contributed by atoms with E-state index in [0.717, 1.165) is 0 Å². The van der Waals surface area contributed by atoms with Crippen LogP contribution in [0.25, 0.3) is 11.1 Å². The summed E-state index contributed by atoms with van der Waals surface area (Å²) < 4.78 is 11.8. The Morgan fingerprint density at radius 3 is 1.71 bits per heavy atom. The van der Waals surface area contributed by atoms with Crippen LogP contribution in [0.4, 0.5) is 0 Å². The Bertz CT molecular complexity index is 588. The van der Waals surface area contributed by atoms with Crippen molar-refractivity contribution in [2.24, 2.45) is 0 Å². The minimum absolute atomic E-state index is 0.105. The lowest BCUT2D eigenvalue weighted by Gasteiger charge is -2.13. The van der Waals surface area contributed by atoms with E-state index in [9.17, 15) is 14.6 Å². The number of aromatic hydroxyl groups is 1. The van der Waals surface area contributed by atoms with Gasteiger partial charge in [-0.2, -0.15) is 0 Å². The molecule has 0 amide bonds. The number of hydrogen-bond acceptors (Lipinski definition) is 2. The molecule has 0 radical (unpaired) electrons. The standard InChI is InChI=1S/C13H13O3P.2C2H6/c1-17(15,16)13-9-5-3-7-11(13)10-6-2-4-8-12(10)14;2*1-2/h2-9,14H,1H3,(H,15,16);2*1-2H3. The predicted molar refractivity (Wildman–Crippen MR) is 91.6 cm³/mol. The van der Waals surface area contributed by atoms with Crippen LogP contribution in [0, 0.1) is 0 Å². The zero-order valence-electron chi connectivity index (χ0n) is 13.4. The molecule has 2 rings (SSSR count). The van der Waals surface area contributed by atoms with E-state index in [-0.39, 0.29) is 5.75 Å². The van der Waals surface area contributed by atoms with Gasteiger partial charge in [0.25, 0.3) is 0 Å². The second kappa shape index (κ2) is 9.38. The number of benzene rings is 2. The second-order valence-corrected chi connectivity index (χ2v) is 6.15. The van der Waals surface area contributed by atoms with Crippen LogP contribution in [-0.2, 0) is 4.57 Å². The Morgan fingerprint density at radius 2 is 1.24 bits per heavy atom. The van der Waals surface area contributed by atoms with Gasteiger partial charge < -0.3 is 10.00 Å². The monoisotopic (exact) mass is 308 g/mol.